The Labute approximate surface area is 91.0 Å². The van der Waals surface area contributed by atoms with Crippen molar-refractivity contribution >= 4 is 5.65 Å². The first-order valence-corrected chi connectivity index (χ1v) is 5.57. The average molecular weight is 202 g/mol. The summed E-state index contributed by atoms with van der Waals surface area (Å²) >= 11 is 0. The van der Waals surface area contributed by atoms with Gasteiger partial charge in [0.2, 0.25) is 0 Å². The molecule has 0 radical (unpaired) electrons. The van der Waals surface area contributed by atoms with E-state index in [4.69, 9.17) is 0 Å². The smallest absolute Gasteiger partial charge is 0.137 e. The van der Waals surface area contributed by atoms with Crippen LogP contribution in [0.15, 0.2) is 24.5 Å². The Morgan fingerprint density at radius 2 is 1.87 bits per heavy atom. The zero-order valence-corrected chi connectivity index (χ0v) is 9.86. The molecule has 0 amide bonds. The number of rotatable bonds is 2. The van der Waals surface area contributed by atoms with Crippen LogP contribution in [0.1, 0.15) is 50.8 Å². The maximum atomic E-state index is 4.39. The summed E-state index contributed by atoms with van der Waals surface area (Å²) < 4.78 is 2.21. The Hall–Kier alpha value is -1.31. The van der Waals surface area contributed by atoms with Crippen LogP contribution in [0.2, 0.25) is 0 Å². The van der Waals surface area contributed by atoms with Crippen molar-refractivity contribution in [1.29, 1.82) is 0 Å². The first kappa shape index (κ1) is 10.2. The van der Waals surface area contributed by atoms with E-state index in [1.807, 2.05) is 12.3 Å². The van der Waals surface area contributed by atoms with Crippen LogP contribution in [-0.4, -0.2) is 9.38 Å². The van der Waals surface area contributed by atoms with E-state index < -0.39 is 0 Å². The summed E-state index contributed by atoms with van der Waals surface area (Å²) in [5.41, 5.74) is 3.88. The van der Waals surface area contributed by atoms with Crippen molar-refractivity contribution in [3.63, 3.8) is 0 Å². The van der Waals surface area contributed by atoms with Gasteiger partial charge in [-0.15, -0.1) is 0 Å². The molecular formula is C13H18N2. The molecule has 0 saturated heterocycles. The molecular weight excluding hydrogens is 184 g/mol. The summed E-state index contributed by atoms with van der Waals surface area (Å²) in [5.74, 6) is 1.10. The van der Waals surface area contributed by atoms with E-state index >= 15 is 0 Å². The molecule has 0 saturated carbocycles. The lowest BCUT2D eigenvalue weighted by atomic mass is 9.98. The minimum absolute atomic E-state index is 0.536. The summed E-state index contributed by atoms with van der Waals surface area (Å²) in [7, 11) is 0. The standard InChI is InChI=1S/C13H18N2/c1-9(2)11-8-12-14-6-5-7-15(12)13(11)10(3)4/h5-10H,1-4H3. The highest BCUT2D eigenvalue weighted by Gasteiger charge is 2.15. The predicted octanol–water partition coefficient (Wildman–Crippen LogP) is 3.58. The van der Waals surface area contributed by atoms with Crippen LogP contribution in [0.25, 0.3) is 5.65 Å². The minimum atomic E-state index is 0.536. The quantitative estimate of drug-likeness (QED) is 0.727. The van der Waals surface area contributed by atoms with E-state index in [1.54, 1.807) is 0 Å². The van der Waals surface area contributed by atoms with E-state index in [9.17, 15) is 0 Å². The second kappa shape index (κ2) is 3.69. The van der Waals surface area contributed by atoms with Gasteiger partial charge in [0.1, 0.15) is 5.65 Å². The highest BCUT2D eigenvalue weighted by molar-refractivity contribution is 5.49. The fraction of sp³-hybridized carbons (Fsp3) is 0.462. The zero-order chi connectivity index (χ0) is 11.0. The highest BCUT2D eigenvalue weighted by Crippen LogP contribution is 2.28. The van der Waals surface area contributed by atoms with Crippen LogP contribution in [0.5, 0.6) is 0 Å². The monoisotopic (exact) mass is 202 g/mol. The van der Waals surface area contributed by atoms with E-state index in [0.717, 1.165) is 5.65 Å². The number of hydrogen-bond acceptors (Lipinski definition) is 1. The van der Waals surface area contributed by atoms with Gasteiger partial charge in [-0.05, 0) is 29.5 Å². The minimum Gasteiger partial charge on any atom is -0.305 e. The van der Waals surface area contributed by atoms with Gasteiger partial charge in [0.05, 0.1) is 0 Å². The third kappa shape index (κ3) is 1.65. The number of nitrogens with zero attached hydrogens (tertiary/aromatic N) is 2. The van der Waals surface area contributed by atoms with Crippen LogP contribution in [0, 0.1) is 0 Å². The molecule has 0 spiro atoms. The summed E-state index contributed by atoms with van der Waals surface area (Å²) in [6, 6.07) is 4.20. The molecule has 0 fully saturated rings. The topological polar surface area (TPSA) is 17.3 Å². The zero-order valence-electron chi connectivity index (χ0n) is 9.86. The van der Waals surface area contributed by atoms with Crippen molar-refractivity contribution in [2.24, 2.45) is 0 Å². The molecule has 2 aromatic heterocycles. The largest absolute Gasteiger partial charge is 0.305 e. The Morgan fingerprint density at radius 3 is 2.47 bits per heavy atom. The molecule has 0 bridgehead atoms. The van der Waals surface area contributed by atoms with Crippen molar-refractivity contribution in [2.45, 2.75) is 39.5 Å². The van der Waals surface area contributed by atoms with Crippen LogP contribution in [0.4, 0.5) is 0 Å². The third-order valence-corrected chi connectivity index (χ3v) is 2.78. The fourth-order valence-electron chi connectivity index (χ4n) is 2.12. The molecule has 0 atom stereocenters. The molecule has 80 valence electrons. The lowest BCUT2D eigenvalue weighted by molar-refractivity contribution is 0.756. The highest BCUT2D eigenvalue weighted by atomic mass is 15.0. The molecule has 0 unspecified atom stereocenters. The Bertz CT molecular complexity index is 466. The fourth-order valence-corrected chi connectivity index (χ4v) is 2.12. The molecule has 2 heteroatoms. The average Bonchev–Trinajstić information content (AvgIpc) is 2.56. The molecule has 15 heavy (non-hydrogen) atoms. The number of aromatic nitrogens is 2. The van der Waals surface area contributed by atoms with Crippen LogP contribution < -0.4 is 0 Å². The Balaban J connectivity index is 2.75. The van der Waals surface area contributed by atoms with E-state index in [-0.39, 0.29) is 0 Å². The van der Waals surface area contributed by atoms with Crippen molar-refractivity contribution in [3.8, 4) is 0 Å². The van der Waals surface area contributed by atoms with Gasteiger partial charge in [-0.25, -0.2) is 4.98 Å². The second-order valence-electron chi connectivity index (χ2n) is 4.64. The van der Waals surface area contributed by atoms with Gasteiger partial charge in [-0.1, -0.05) is 27.7 Å². The third-order valence-electron chi connectivity index (χ3n) is 2.78. The predicted molar refractivity (Wildman–Crippen MR) is 63.4 cm³/mol. The van der Waals surface area contributed by atoms with E-state index in [2.05, 4.69) is 49.3 Å². The summed E-state index contributed by atoms with van der Waals surface area (Å²) in [6.45, 7) is 8.95. The summed E-state index contributed by atoms with van der Waals surface area (Å²) in [4.78, 5) is 4.39. The Kier molecular flexibility index (Phi) is 2.51. The molecule has 2 aromatic rings. The molecule has 0 aromatic carbocycles. The van der Waals surface area contributed by atoms with Gasteiger partial charge >= 0.3 is 0 Å². The lowest BCUT2D eigenvalue weighted by Gasteiger charge is -2.11. The molecule has 0 N–H and O–H groups in total. The molecule has 2 rings (SSSR count). The van der Waals surface area contributed by atoms with E-state index in [0.29, 0.717) is 11.8 Å². The molecule has 2 heterocycles. The first-order chi connectivity index (χ1) is 7.11. The van der Waals surface area contributed by atoms with Crippen molar-refractivity contribution < 1.29 is 0 Å². The maximum Gasteiger partial charge on any atom is 0.137 e. The summed E-state index contributed by atoms with van der Waals surface area (Å²) in [5, 5.41) is 0. The molecule has 0 aliphatic carbocycles. The Morgan fingerprint density at radius 1 is 1.13 bits per heavy atom. The number of fused-ring (bicyclic) bond motifs is 1. The molecule has 0 aliphatic heterocycles. The summed E-state index contributed by atoms with van der Waals surface area (Å²) in [6.07, 6.45) is 3.95. The van der Waals surface area contributed by atoms with Gasteiger partial charge in [0.25, 0.3) is 0 Å². The van der Waals surface area contributed by atoms with Crippen molar-refractivity contribution in [1.82, 2.24) is 9.38 Å². The normalized spacial score (nSPS) is 11.9. The van der Waals surface area contributed by atoms with Crippen molar-refractivity contribution in [2.75, 3.05) is 0 Å². The van der Waals surface area contributed by atoms with Gasteiger partial charge < -0.3 is 4.40 Å². The van der Waals surface area contributed by atoms with Gasteiger partial charge in [-0.2, -0.15) is 0 Å². The second-order valence-corrected chi connectivity index (χ2v) is 4.64. The first-order valence-electron chi connectivity index (χ1n) is 5.57. The SMILES string of the molecule is CC(C)c1cc2ncccn2c1C(C)C. The van der Waals surface area contributed by atoms with Crippen LogP contribution in [0.3, 0.4) is 0 Å². The maximum absolute atomic E-state index is 4.39. The molecule has 2 nitrogen and oxygen atoms in total. The van der Waals surface area contributed by atoms with Crippen molar-refractivity contribution in [3.05, 3.63) is 35.8 Å². The van der Waals surface area contributed by atoms with E-state index in [1.165, 1.54) is 11.3 Å². The van der Waals surface area contributed by atoms with Crippen LogP contribution in [-0.2, 0) is 0 Å². The van der Waals surface area contributed by atoms with Gasteiger partial charge in [-0.3, -0.25) is 0 Å². The lowest BCUT2D eigenvalue weighted by Crippen LogP contribution is -2.00. The van der Waals surface area contributed by atoms with Crippen LogP contribution >= 0.6 is 0 Å². The number of hydrogen-bond donors (Lipinski definition) is 0. The molecule has 0 aliphatic rings. The van der Waals surface area contributed by atoms with Gasteiger partial charge in [0, 0.05) is 18.1 Å². The van der Waals surface area contributed by atoms with Gasteiger partial charge in [0.15, 0.2) is 0 Å².